The van der Waals surface area contributed by atoms with Gasteiger partial charge >= 0.3 is 12.1 Å². The number of aromatic nitrogens is 2. The number of hydrogen-bond donors (Lipinski definition) is 3. The Morgan fingerprint density at radius 2 is 1.24 bits per heavy atom. The van der Waals surface area contributed by atoms with Crippen LogP contribution in [0.15, 0.2) is 79.1 Å². The zero-order valence-electron chi connectivity index (χ0n) is 28.1. The number of benzene rings is 1. The standard InChI is InChI=1S/C21H24N4O4.C14H18N4O4/c26-20(23-28-13-11-17-8-4-5-12-22-17)19-10-9-18-14-24(19)21(27)25(18)29-15-16-6-2-1-3-7-16;19-13(16-22-8-6-10-3-1-2-7-15-10)12-5-4-11-9-17(12)14(20)18(11)21/h1-8,12,18-19H,9-11,13-15H2,(H,23,26);1-3,7,11-12,21H,4-6,8-9H2,(H,16,19)/t18-,19+;11-,12+/m11/s1. The number of carbonyl (C=O) groups is 4. The van der Waals surface area contributed by atoms with Gasteiger partial charge in [0.2, 0.25) is 0 Å². The van der Waals surface area contributed by atoms with Crippen molar-refractivity contribution in [2.45, 2.75) is 69.3 Å². The van der Waals surface area contributed by atoms with E-state index in [9.17, 15) is 24.4 Å². The van der Waals surface area contributed by atoms with E-state index in [0.717, 1.165) is 22.0 Å². The minimum Gasteiger partial charge on any atom is -0.309 e. The molecule has 4 aliphatic heterocycles. The molecule has 0 saturated carbocycles. The number of hydrogen-bond acceptors (Lipinski definition) is 10. The van der Waals surface area contributed by atoms with Crippen molar-refractivity contribution >= 4 is 23.9 Å². The van der Waals surface area contributed by atoms with Gasteiger partial charge < -0.3 is 9.80 Å². The molecule has 6 amide bonds. The Bertz CT molecular complexity index is 1620. The summed E-state index contributed by atoms with van der Waals surface area (Å²) in [6.45, 7) is 1.81. The predicted molar refractivity (Wildman–Crippen MR) is 179 cm³/mol. The number of carbonyl (C=O) groups excluding carboxylic acids is 4. The van der Waals surface area contributed by atoms with Crippen LogP contribution in [0.1, 0.15) is 42.6 Å². The van der Waals surface area contributed by atoms with Crippen molar-refractivity contribution in [3.63, 3.8) is 0 Å². The lowest BCUT2D eigenvalue weighted by Crippen LogP contribution is -2.49. The highest BCUT2D eigenvalue weighted by Crippen LogP contribution is 2.31. The van der Waals surface area contributed by atoms with Crippen molar-refractivity contribution < 1.29 is 38.9 Å². The molecule has 0 aliphatic carbocycles. The van der Waals surface area contributed by atoms with Gasteiger partial charge in [0.05, 0.1) is 25.3 Å². The number of nitrogens with one attached hydrogen (secondary N) is 2. The van der Waals surface area contributed by atoms with Crippen LogP contribution in [0.2, 0.25) is 0 Å². The van der Waals surface area contributed by atoms with E-state index < -0.39 is 18.1 Å². The van der Waals surface area contributed by atoms with Gasteiger partial charge in [-0.05, 0) is 55.5 Å². The van der Waals surface area contributed by atoms with E-state index >= 15 is 0 Å². The van der Waals surface area contributed by atoms with Gasteiger partial charge in [0.15, 0.2) is 0 Å². The number of urea groups is 2. The van der Waals surface area contributed by atoms with Crippen molar-refractivity contribution in [2.24, 2.45) is 0 Å². The summed E-state index contributed by atoms with van der Waals surface area (Å²) >= 11 is 0. The molecule has 0 radical (unpaired) electrons. The zero-order chi connectivity index (χ0) is 35.6. The summed E-state index contributed by atoms with van der Waals surface area (Å²) < 4.78 is 0. The third-order valence-electron chi connectivity index (χ3n) is 9.20. The van der Waals surface area contributed by atoms with E-state index in [4.69, 9.17) is 14.5 Å². The molecule has 0 spiro atoms. The monoisotopic (exact) mass is 702 g/mol. The SMILES string of the molecule is O=C(NOCCc1ccccn1)[C@@H]1CC[C@@H]2CN1C(=O)N2O.O=C(NOCCc1ccccn1)[C@@H]1CC[C@@H]2CN1C(=O)N2OCc1ccccc1. The molecule has 1 aromatic carbocycles. The fourth-order valence-corrected chi connectivity index (χ4v) is 6.50. The van der Waals surface area contributed by atoms with Crippen molar-refractivity contribution in [1.29, 1.82) is 0 Å². The smallest absolute Gasteiger partial charge is 0.309 e. The van der Waals surface area contributed by atoms with Crippen LogP contribution >= 0.6 is 0 Å². The van der Waals surface area contributed by atoms with Crippen LogP contribution in [0.25, 0.3) is 0 Å². The summed E-state index contributed by atoms with van der Waals surface area (Å²) in [4.78, 5) is 76.7. The Balaban J connectivity index is 0.000000183. The molecule has 4 aliphatic rings. The molecule has 4 atom stereocenters. The molecule has 4 fully saturated rings. The first-order chi connectivity index (χ1) is 24.9. The van der Waals surface area contributed by atoms with Gasteiger partial charge in [0.1, 0.15) is 18.7 Å². The average Bonchev–Trinajstić information content (AvgIpc) is 3.54. The van der Waals surface area contributed by atoms with E-state index in [1.807, 2.05) is 66.7 Å². The average molecular weight is 703 g/mol. The first kappa shape index (κ1) is 35.7. The molecule has 16 heteroatoms. The first-order valence-corrected chi connectivity index (χ1v) is 17.1. The van der Waals surface area contributed by atoms with E-state index in [0.29, 0.717) is 71.4 Å². The van der Waals surface area contributed by atoms with E-state index in [2.05, 4.69) is 20.9 Å². The Kier molecular flexibility index (Phi) is 12.0. The van der Waals surface area contributed by atoms with E-state index in [-0.39, 0.29) is 29.9 Å². The van der Waals surface area contributed by atoms with E-state index in [1.165, 1.54) is 9.96 Å². The molecule has 2 aromatic heterocycles. The van der Waals surface area contributed by atoms with Gasteiger partial charge in [-0.1, -0.05) is 42.5 Å². The molecular weight excluding hydrogens is 660 g/mol. The lowest BCUT2D eigenvalue weighted by atomic mass is 10.0. The van der Waals surface area contributed by atoms with Crippen LogP contribution in [-0.2, 0) is 43.6 Å². The molecule has 270 valence electrons. The van der Waals surface area contributed by atoms with Crippen molar-refractivity contribution in [3.05, 3.63) is 96.1 Å². The highest BCUT2D eigenvalue weighted by atomic mass is 16.7. The first-order valence-electron chi connectivity index (χ1n) is 17.1. The highest BCUT2D eigenvalue weighted by molar-refractivity contribution is 5.88. The molecule has 4 bridgehead atoms. The van der Waals surface area contributed by atoms with Crippen LogP contribution in [0.3, 0.4) is 0 Å². The van der Waals surface area contributed by atoms with Gasteiger partial charge in [-0.2, -0.15) is 5.06 Å². The molecule has 4 saturated heterocycles. The molecule has 51 heavy (non-hydrogen) atoms. The Morgan fingerprint density at radius 1 is 0.706 bits per heavy atom. The number of pyridine rings is 2. The Morgan fingerprint density at radius 3 is 1.80 bits per heavy atom. The largest absolute Gasteiger partial charge is 0.345 e. The maximum atomic E-state index is 12.7. The normalized spacial score (nSPS) is 22.1. The molecular formula is C35H42N8O8. The van der Waals surface area contributed by atoms with Gasteiger partial charge in [-0.15, -0.1) is 0 Å². The second-order valence-electron chi connectivity index (χ2n) is 12.6. The maximum Gasteiger partial charge on any atom is 0.345 e. The summed E-state index contributed by atoms with van der Waals surface area (Å²) in [7, 11) is 0. The lowest BCUT2D eigenvalue weighted by molar-refractivity contribution is -0.141. The summed E-state index contributed by atoms with van der Waals surface area (Å²) in [5.74, 6) is -0.661. The number of nitrogens with zero attached hydrogens (tertiary/aromatic N) is 6. The van der Waals surface area contributed by atoms with Gasteiger partial charge in [-0.3, -0.25) is 39.3 Å². The number of fused-ring (bicyclic) bond motifs is 4. The summed E-state index contributed by atoms with van der Waals surface area (Å²) in [5.41, 5.74) is 7.62. The summed E-state index contributed by atoms with van der Waals surface area (Å²) in [5, 5.41) is 11.7. The fraction of sp³-hybridized carbons (Fsp3) is 0.429. The van der Waals surface area contributed by atoms with Crippen LogP contribution in [0, 0.1) is 0 Å². The molecule has 16 nitrogen and oxygen atoms in total. The molecule has 3 aromatic rings. The fourth-order valence-electron chi connectivity index (χ4n) is 6.50. The quantitative estimate of drug-likeness (QED) is 0.136. The number of rotatable bonds is 13. The lowest BCUT2D eigenvalue weighted by Gasteiger charge is -2.28. The molecule has 0 unspecified atom stereocenters. The van der Waals surface area contributed by atoms with Crippen LogP contribution in [-0.4, -0.2) is 109 Å². The Labute approximate surface area is 295 Å². The summed E-state index contributed by atoms with van der Waals surface area (Å²) in [6, 6.07) is 18.8. The van der Waals surface area contributed by atoms with Gasteiger partial charge in [0.25, 0.3) is 11.8 Å². The second-order valence-corrected chi connectivity index (χ2v) is 12.6. The minimum atomic E-state index is -0.587. The number of amides is 6. The third-order valence-corrected chi connectivity index (χ3v) is 9.20. The minimum absolute atomic E-state index is 0.0275. The molecule has 3 N–H and O–H groups in total. The summed E-state index contributed by atoms with van der Waals surface area (Å²) in [6.07, 6.45) is 7.01. The third kappa shape index (κ3) is 8.96. The maximum absolute atomic E-state index is 12.7. The molecule has 6 heterocycles. The van der Waals surface area contributed by atoms with Gasteiger partial charge in [-0.25, -0.2) is 25.6 Å². The second kappa shape index (κ2) is 17.2. The van der Waals surface area contributed by atoms with Crippen molar-refractivity contribution in [2.75, 3.05) is 26.3 Å². The highest BCUT2D eigenvalue weighted by Gasteiger charge is 2.48. The van der Waals surface area contributed by atoms with Crippen LogP contribution in [0.5, 0.6) is 0 Å². The van der Waals surface area contributed by atoms with E-state index in [1.54, 1.807) is 17.3 Å². The van der Waals surface area contributed by atoms with Gasteiger partial charge in [0, 0.05) is 49.7 Å². The predicted octanol–water partition coefficient (Wildman–Crippen LogP) is 2.40. The van der Waals surface area contributed by atoms with Crippen molar-refractivity contribution in [1.82, 2.24) is 40.9 Å². The Hall–Kier alpha value is -5.16. The van der Waals surface area contributed by atoms with Crippen LogP contribution in [0.4, 0.5) is 9.59 Å². The number of piperidine rings is 2. The zero-order valence-corrected chi connectivity index (χ0v) is 28.1. The van der Waals surface area contributed by atoms with Crippen molar-refractivity contribution in [3.8, 4) is 0 Å². The molecule has 7 rings (SSSR count). The van der Waals surface area contributed by atoms with Crippen LogP contribution < -0.4 is 11.0 Å². The topological polar surface area (TPSA) is 179 Å². The number of hydroxylamine groups is 6.